The molecule has 0 aliphatic rings. The van der Waals surface area contributed by atoms with Crippen molar-refractivity contribution in [3.05, 3.63) is 71.5 Å². The maximum absolute atomic E-state index is 12.9. The highest BCUT2D eigenvalue weighted by Gasteiger charge is 2.07. The van der Waals surface area contributed by atoms with E-state index in [2.05, 4.69) is 30.8 Å². The molecule has 0 aliphatic carbocycles. The molecule has 0 spiro atoms. The van der Waals surface area contributed by atoms with Crippen LogP contribution in [-0.4, -0.2) is 35.3 Å². The Bertz CT molecular complexity index is 896. The number of hydrazone groups is 1. The Morgan fingerprint density at radius 3 is 2.37 bits per heavy atom. The van der Waals surface area contributed by atoms with Gasteiger partial charge in [-0.2, -0.15) is 20.1 Å². The first-order valence-electron chi connectivity index (χ1n) is 8.36. The van der Waals surface area contributed by atoms with Gasteiger partial charge in [-0.05, 0) is 23.3 Å². The van der Waals surface area contributed by atoms with Crippen LogP contribution in [-0.2, 0) is 6.54 Å². The number of benzene rings is 2. The van der Waals surface area contributed by atoms with Crippen molar-refractivity contribution >= 4 is 24.1 Å². The monoisotopic (exact) mass is 365 g/mol. The van der Waals surface area contributed by atoms with Gasteiger partial charge in [-0.1, -0.05) is 42.5 Å². The summed E-state index contributed by atoms with van der Waals surface area (Å²) < 4.78 is 12.9. The van der Waals surface area contributed by atoms with Crippen LogP contribution in [0.1, 0.15) is 11.1 Å². The highest BCUT2D eigenvalue weighted by atomic mass is 19.1. The van der Waals surface area contributed by atoms with Gasteiger partial charge in [-0.25, -0.2) is 9.82 Å². The number of rotatable bonds is 7. The van der Waals surface area contributed by atoms with Gasteiger partial charge in [0.25, 0.3) is 0 Å². The molecule has 0 bridgehead atoms. The maximum atomic E-state index is 12.9. The number of halogens is 1. The average Bonchev–Trinajstić information content (AvgIpc) is 2.68. The summed E-state index contributed by atoms with van der Waals surface area (Å²) in [7, 11) is 3.70. The van der Waals surface area contributed by atoms with Crippen molar-refractivity contribution in [1.82, 2.24) is 15.0 Å². The topological polar surface area (TPSA) is 78.3 Å². The van der Waals surface area contributed by atoms with Gasteiger partial charge < -0.3 is 10.2 Å². The van der Waals surface area contributed by atoms with E-state index in [0.29, 0.717) is 24.4 Å². The highest BCUT2D eigenvalue weighted by Crippen LogP contribution is 2.12. The Labute approximate surface area is 157 Å². The van der Waals surface area contributed by atoms with Crippen molar-refractivity contribution in [3.8, 4) is 0 Å². The van der Waals surface area contributed by atoms with Crippen LogP contribution in [0.2, 0.25) is 0 Å². The quantitative estimate of drug-likeness (QED) is 0.495. The Balaban J connectivity index is 1.71. The van der Waals surface area contributed by atoms with Gasteiger partial charge >= 0.3 is 0 Å². The number of nitrogens with one attached hydrogen (secondary N) is 2. The fraction of sp³-hybridized carbons (Fsp3) is 0.158. The zero-order valence-electron chi connectivity index (χ0n) is 15.1. The zero-order valence-corrected chi connectivity index (χ0v) is 15.1. The summed E-state index contributed by atoms with van der Waals surface area (Å²) in [6.45, 7) is 0.593. The van der Waals surface area contributed by atoms with Crippen LogP contribution in [0.4, 0.5) is 22.2 Å². The van der Waals surface area contributed by atoms with Gasteiger partial charge in [0.15, 0.2) is 0 Å². The van der Waals surface area contributed by atoms with Crippen LogP contribution in [0.25, 0.3) is 0 Å². The van der Waals surface area contributed by atoms with Crippen LogP contribution in [0.15, 0.2) is 59.7 Å². The van der Waals surface area contributed by atoms with Crippen LogP contribution >= 0.6 is 0 Å². The summed E-state index contributed by atoms with van der Waals surface area (Å²) in [6.07, 6.45) is 1.57. The Morgan fingerprint density at radius 2 is 1.67 bits per heavy atom. The molecule has 0 amide bonds. The standard InChI is InChI=1S/C19H20FN7/c1-27(2)19-24-17(21-12-14-6-4-3-5-7-14)23-18(25-19)26-22-13-15-8-10-16(20)11-9-15/h3-11,13H,12H2,1-2H3,(H2,21,23,24,25,26)/b22-13+. The van der Waals surface area contributed by atoms with E-state index in [1.54, 1.807) is 23.2 Å². The SMILES string of the molecule is CN(C)c1nc(NCc2ccccc2)nc(N/N=C/c2ccc(F)cc2)n1. The number of anilines is 3. The summed E-state index contributed by atoms with van der Waals surface area (Å²) in [5, 5.41) is 7.29. The molecule has 2 aromatic carbocycles. The number of hydrogen-bond acceptors (Lipinski definition) is 7. The molecule has 1 heterocycles. The fourth-order valence-corrected chi connectivity index (χ4v) is 2.18. The first-order chi connectivity index (χ1) is 13.1. The minimum atomic E-state index is -0.290. The van der Waals surface area contributed by atoms with E-state index < -0.39 is 0 Å². The molecule has 1 aromatic heterocycles. The van der Waals surface area contributed by atoms with E-state index in [0.717, 1.165) is 11.1 Å². The second kappa shape index (κ2) is 8.70. The number of hydrogen-bond donors (Lipinski definition) is 2. The maximum Gasteiger partial charge on any atom is 0.250 e. The second-order valence-electron chi connectivity index (χ2n) is 5.94. The third-order valence-electron chi connectivity index (χ3n) is 3.57. The van der Waals surface area contributed by atoms with E-state index in [-0.39, 0.29) is 5.82 Å². The Hall–Kier alpha value is -3.55. The van der Waals surface area contributed by atoms with Crippen LogP contribution in [0.3, 0.4) is 0 Å². The van der Waals surface area contributed by atoms with E-state index in [9.17, 15) is 4.39 Å². The summed E-state index contributed by atoms with van der Waals surface area (Å²) in [4.78, 5) is 14.8. The van der Waals surface area contributed by atoms with E-state index >= 15 is 0 Å². The molecule has 0 unspecified atom stereocenters. The third-order valence-corrected chi connectivity index (χ3v) is 3.57. The van der Waals surface area contributed by atoms with Crippen LogP contribution < -0.4 is 15.6 Å². The van der Waals surface area contributed by atoms with Crippen molar-refractivity contribution in [1.29, 1.82) is 0 Å². The molecule has 27 heavy (non-hydrogen) atoms. The molecule has 0 saturated carbocycles. The lowest BCUT2D eigenvalue weighted by Crippen LogP contribution is -2.16. The van der Waals surface area contributed by atoms with Gasteiger partial charge in [0, 0.05) is 20.6 Å². The smallest absolute Gasteiger partial charge is 0.250 e. The molecule has 0 fully saturated rings. The average molecular weight is 365 g/mol. The number of nitrogens with zero attached hydrogens (tertiary/aromatic N) is 5. The lowest BCUT2D eigenvalue weighted by Gasteiger charge is -2.13. The fourth-order valence-electron chi connectivity index (χ4n) is 2.18. The lowest BCUT2D eigenvalue weighted by atomic mass is 10.2. The Kier molecular flexibility index (Phi) is 5.88. The van der Waals surface area contributed by atoms with Gasteiger partial charge in [-0.3, -0.25) is 0 Å². The normalized spacial score (nSPS) is 10.8. The molecule has 3 aromatic rings. The molecule has 0 radical (unpaired) electrons. The first-order valence-corrected chi connectivity index (χ1v) is 8.36. The molecule has 3 rings (SSSR count). The van der Waals surface area contributed by atoms with E-state index in [4.69, 9.17) is 0 Å². The third kappa shape index (κ3) is 5.46. The molecule has 2 N–H and O–H groups in total. The first kappa shape index (κ1) is 18.2. The molecular formula is C19H20FN7. The minimum absolute atomic E-state index is 0.290. The predicted octanol–water partition coefficient (Wildman–Crippen LogP) is 3.13. The Morgan fingerprint density at radius 1 is 0.963 bits per heavy atom. The van der Waals surface area contributed by atoms with E-state index in [1.807, 2.05) is 44.4 Å². The second-order valence-corrected chi connectivity index (χ2v) is 5.94. The molecule has 7 nitrogen and oxygen atoms in total. The highest BCUT2D eigenvalue weighted by molar-refractivity contribution is 5.79. The van der Waals surface area contributed by atoms with Crippen molar-refractivity contribution in [2.45, 2.75) is 6.54 Å². The van der Waals surface area contributed by atoms with Crippen molar-refractivity contribution in [2.75, 3.05) is 29.7 Å². The minimum Gasteiger partial charge on any atom is -0.350 e. The molecule has 0 saturated heterocycles. The van der Waals surface area contributed by atoms with Crippen molar-refractivity contribution in [2.24, 2.45) is 5.10 Å². The van der Waals surface area contributed by atoms with Crippen molar-refractivity contribution < 1.29 is 4.39 Å². The number of aromatic nitrogens is 3. The lowest BCUT2D eigenvalue weighted by molar-refractivity contribution is 0.628. The molecule has 8 heteroatoms. The van der Waals surface area contributed by atoms with Crippen LogP contribution in [0, 0.1) is 5.82 Å². The van der Waals surface area contributed by atoms with Gasteiger partial charge in [0.2, 0.25) is 17.8 Å². The summed E-state index contributed by atoms with van der Waals surface area (Å²) in [6, 6.07) is 16.0. The predicted molar refractivity (Wildman–Crippen MR) is 106 cm³/mol. The zero-order chi connectivity index (χ0) is 19.1. The largest absolute Gasteiger partial charge is 0.350 e. The molecular weight excluding hydrogens is 345 g/mol. The molecule has 0 atom stereocenters. The van der Waals surface area contributed by atoms with Crippen molar-refractivity contribution in [3.63, 3.8) is 0 Å². The molecule has 138 valence electrons. The van der Waals surface area contributed by atoms with Gasteiger partial charge in [0.1, 0.15) is 5.82 Å². The summed E-state index contributed by atoms with van der Waals surface area (Å²) in [5.41, 5.74) is 4.66. The van der Waals surface area contributed by atoms with E-state index in [1.165, 1.54) is 12.1 Å². The van der Waals surface area contributed by atoms with Crippen LogP contribution in [0.5, 0.6) is 0 Å². The summed E-state index contributed by atoms with van der Waals surface area (Å²) in [5.74, 6) is 0.960. The molecule has 0 aliphatic heterocycles. The van der Waals surface area contributed by atoms with Gasteiger partial charge in [-0.15, -0.1) is 0 Å². The van der Waals surface area contributed by atoms with Gasteiger partial charge in [0.05, 0.1) is 6.21 Å². The summed E-state index contributed by atoms with van der Waals surface area (Å²) >= 11 is 0.